The smallest absolute Gasteiger partial charge is 0.227 e. The van der Waals surface area contributed by atoms with Gasteiger partial charge in [0.1, 0.15) is 0 Å². The molecule has 4 nitrogen and oxygen atoms in total. The Balaban J connectivity index is 1.71. The topological polar surface area (TPSA) is 54.0 Å². The summed E-state index contributed by atoms with van der Waals surface area (Å²) in [5.41, 5.74) is 3.95. The third kappa shape index (κ3) is 2.61. The van der Waals surface area contributed by atoms with Crippen molar-refractivity contribution in [1.29, 1.82) is 0 Å². The Hall–Kier alpha value is -1.88. The van der Waals surface area contributed by atoms with Crippen molar-refractivity contribution in [3.05, 3.63) is 46.4 Å². The van der Waals surface area contributed by atoms with Crippen LogP contribution in [0.5, 0.6) is 0 Å². The van der Waals surface area contributed by atoms with E-state index in [-0.39, 0.29) is 11.8 Å². The summed E-state index contributed by atoms with van der Waals surface area (Å²) in [6, 6.07) is 8.02. The zero-order valence-corrected chi connectivity index (χ0v) is 11.2. The van der Waals surface area contributed by atoms with Crippen LogP contribution in [0.15, 0.2) is 36.0 Å². The van der Waals surface area contributed by atoms with Crippen LogP contribution >= 0.6 is 11.3 Å². The highest BCUT2D eigenvalue weighted by Crippen LogP contribution is 2.31. The minimum atomic E-state index is -0.0506. The number of nitrogens with one attached hydrogen (secondary N) is 2. The van der Waals surface area contributed by atoms with E-state index in [1.165, 1.54) is 0 Å². The number of thiazole rings is 1. The van der Waals surface area contributed by atoms with E-state index in [1.54, 1.807) is 23.0 Å². The van der Waals surface area contributed by atoms with Crippen LogP contribution in [0.2, 0.25) is 0 Å². The van der Waals surface area contributed by atoms with Gasteiger partial charge in [-0.25, -0.2) is 0 Å². The Morgan fingerprint density at radius 3 is 3.21 bits per heavy atom. The van der Waals surface area contributed by atoms with Crippen LogP contribution in [0.4, 0.5) is 5.69 Å². The van der Waals surface area contributed by atoms with Crippen molar-refractivity contribution in [3.8, 4) is 0 Å². The Morgan fingerprint density at radius 1 is 1.47 bits per heavy atom. The molecule has 1 aliphatic rings. The van der Waals surface area contributed by atoms with E-state index in [9.17, 15) is 4.79 Å². The molecule has 0 saturated carbocycles. The Morgan fingerprint density at radius 2 is 2.37 bits per heavy atom. The third-order valence-corrected chi connectivity index (χ3v) is 4.10. The van der Waals surface area contributed by atoms with Gasteiger partial charge < -0.3 is 10.6 Å². The van der Waals surface area contributed by atoms with Gasteiger partial charge in [-0.1, -0.05) is 18.2 Å². The lowest BCUT2D eigenvalue weighted by atomic mass is 9.90. The molecule has 5 heteroatoms. The van der Waals surface area contributed by atoms with Crippen molar-refractivity contribution in [2.75, 3.05) is 11.9 Å². The molecule has 0 bridgehead atoms. The first kappa shape index (κ1) is 12.2. The van der Waals surface area contributed by atoms with Crippen LogP contribution in [-0.2, 0) is 11.3 Å². The van der Waals surface area contributed by atoms with Crippen molar-refractivity contribution in [1.82, 2.24) is 10.3 Å². The number of para-hydroxylation sites is 1. The van der Waals surface area contributed by atoms with E-state index < -0.39 is 0 Å². The monoisotopic (exact) mass is 273 g/mol. The molecule has 19 heavy (non-hydrogen) atoms. The van der Waals surface area contributed by atoms with Gasteiger partial charge in [-0.3, -0.25) is 9.78 Å². The lowest BCUT2D eigenvalue weighted by Crippen LogP contribution is -2.32. The predicted molar refractivity (Wildman–Crippen MR) is 76.3 cm³/mol. The quantitative estimate of drug-likeness (QED) is 0.902. The van der Waals surface area contributed by atoms with Crippen molar-refractivity contribution in [3.63, 3.8) is 0 Å². The summed E-state index contributed by atoms with van der Waals surface area (Å²) >= 11 is 1.56. The van der Waals surface area contributed by atoms with E-state index in [0.717, 1.165) is 29.1 Å². The third-order valence-electron chi connectivity index (χ3n) is 3.32. The van der Waals surface area contributed by atoms with Crippen LogP contribution in [0, 0.1) is 0 Å². The molecule has 2 aromatic rings. The minimum absolute atomic E-state index is 0.0506. The summed E-state index contributed by atoms with van der Waals surface area (Å²) in [7, 11) is 0. The molecule has 2 N–H and O–H groups in total. The first-order valence-electron chi connectivity index (χ1n) is 6.32. The number of benzene rings is 1. The molecule has 1 amide bonds. The average molecular weight is 273 g/mol. The maximum Gasteiger partial charge on any atom is 0.227 e. The summed E-state index contributed by atoms with van der Waals surface area (Å²) in [6.07, 6.45) is 2.63. The second-order valence-electron chi connectivity index (χ2n) is 4.54. The molecule has 0 aliphatic carbocycles. The molecular weight excluding hydrogens is 258 g/mol. The molecule has 0 radical (unpaired) electrons. The lowest BCUT2D eigenvalue weighted by molar-refractivity contribution is -0.122. The number of carbonyl (C=O) groups is 1. The SMILES string of the molecule is O=C(NCc1cncs1)C1CCNc2ccccc21. The van der Waals surface area contributed by atoms with Crippen LogP contribution in [-0.4, -0.2) is 17.4 Å². The Bertz CT molecular complexity index is 568. The summed E-state index contributed by atoms with van der Waals surface area (Å²) in [5.74, 6) is 0.0488. The fourth-order valence-electron chi connectivity index (χ4n) is 2.37. The highest BCUT2D eigenvalue weighted by atomic mass is 32.1. The normalized spacial score (nSPS) is 17.4. The number of amides is 1. The van der Waals surface area contributed by atoms with Gasteiger partial charge >= 0.3 is 0 Å². The second kappa shape index (κ2) is 5.40. The van der Waals surface area contributed by atoms with Crippen LogP contribution in [0.25, 0.3) is 0 Å². The molecule has 3 rings (SSSR count). The molecule has 98 valence electrons. The summed E-state index contributed by atoms with van der Waals surface area (Å²) < 4.78 is 0. The molecule has 0 saturated heterocycles. The predicted octanol–water partition coefficient (Wildman–Crippen LogP) is 2.36. The van der Waals surface area contributed by atoms with Crippen molar-refractivity contribution in [2.24, 2.45) is 0 Å². The van der Waals surface area contributed by atoms with Crippen molar-refractivity contribution >= 4 is 22.9 Å². The van der Waals surface area contributed by atoms with Gasteiger partial charge in [0.15, 0.2) is 0 Å². The van der Waals surface area contributed by atoms with Gasteiger partial charge in [-0.15, -0.1) is 11.3 Å². The molecule has 1 aromatic carbocycles. The second-order valence-corrected chi connectivity index (χ2v) is 5.51. The van der Waals surface area contributed by atoms with Gasteiger partial charge in [-0.05, 0) is 18.1 Å². The zero-order chi connectivity index (χ0) is 13.1. The van der Waals surface area contributed by atoms with Gasteiger partial charge in [0.05, 0.1) is 18.0 Å². The van der Waals surface area contributed by atoms with E-state index in [1.807, 2.05) is 24.3 Å². The van der Waals surface area contributed by atoms with Gasteiger partial charge in [0, 0.05) is 23.3 Å². The lowest BCUT2D eigenvalue weighted by Gasteiger charge is -2.25. The standard InChI is InChI=1S/C14H15N3OS/c18-14(17-8-10-7-15-9-19-10)12-5-6-16-13-4-2-1-3-11(12)13/h1-4,7,9,12,16H,5-6,8H2,(H,17,18). The highest BCUT2D eigenvalue weighted by Gasteiger charge is 2.25. The molecule has 1 unspecified atom stereocenters. The number of aromatic nitrogens is 1. The maximum atomic E-state index is 12.3. The highest BCUT2D eigenvalue weighted by molar-refractivity contribution is 7.09. The fraction of sp³-hybridized carbons (Fsp3) is 0.286. The Kier molecular flexibility index (Phi) is 3.46. The van der Waals surface area contributed by atoms with E-state index in [2.05, 4.69) is 15.6 Å². The van der Waals surface area contributed by atoms with Gasteiger partial charge in [0.2, 0.25) is 5.91 Å². The number of hydrogen-bond acceptors (Lipinski definition) is 4. The maximum absolute atomic E-state index is 12.3. The molecule has 1 aliphatic heterocycles. The largest absolute Gasteiger partial charge is 0.385 e. The summed E-state index contributed by atoms with van der Waals surface area (Å²) in [4.78, 5) is 17.4. The summed E-state index contributed by atoms with van der Waals surface area (Å²) in [5, 5.41) is 6.33. The molecule has 2 heterocycles. The van der Waals surface area contributed by atoms with Crippen LogP contribution in [0.1, 0.15) is 22.8 Å². The van der Waals surface area contributed by atoms with E-state index in [4.69, 9.17) is 0 Å². The first-order valence-corrected chi connectivity index (χ1v) is 7.20. The number of fused-ring (bicyclic) bond motifs is 1. The molecule has 0 fully saturated rings. The number of carbonyl (C=O) groups excluding carboxylic acids is 1. The van der Waals surface area contributed by atoms with E-state index >= 15 is 0 Å². The molecular formula is C14H15N3OS. The number of rotatable bonds is 3. The minimum Gasteiger partial charge on any atom is -0.385 e. The van der Waals surface area contributed by atoms with Crippen LogP contribution in [0.3, 0.4) is 0 Å². The molecule has 0 spiro atoms. The zero-order valence-electron chi connectivity index (χ0n) is 10.4. The van der Waals surface area contributed by atoms with E-state index in [0.29, 0.717) is 6.54 Å². The molecule has 1 atom stereocenters. The molecule has 1 aromatic heterocycles. The Labute approximate surface area is 115 Å². The van der Waals surface area contributed by atoms with Crippen LogP contribution < -0.4 is 10.6 Å². The number of hydrogen-bond donors (Lipinski definition) is 2. The van der Waals surface area contributed by atoms with Gasteiger partial charge in [0.25, 0.3) is 0 Å². The average Bonchev–Trinajstić information content (AvgIpc) is 2.97. The van der Waals surface area contributed by atoms with Crippen molar-refractivity contribution < 1.29 is 4.79 Å². The van der Waals surface area contributed by atoms with Crippen molar-refractivity contribution in [2.45, 2.75) is 18.9 Å². The summed E-state index contributed by atoms with van der Waals surface area (Å²) in [6.45, 7) is 1.41. The number of nitrogens with zero attached hydrogens (tertiary/aromatic N) is 1. The fourth-order valence-corrected chi connectivity index (χ4v) is 2.90. The first-order chi connectivity index (χ1) is 9.34. The number of anilines is 1. The van der Waals surface area contributed by atoms with Gasteiger partial charge in [-0.2, -0.15) is 0 Å².